The van der Waals surface area contributed by atoms with Gasteiger partial charge in [-0.2, -0.15) is 0 Å². The molecule has 0 aliphatic heterocycles. The molecule has 0 bridgehead atoms. The van der Waals surface area contributed by atoms with Crippen LogP contribution in [0.1, 0.15) is 101 Å². The number of esters is 2. The van der Waals surface area contributed by atoms with E-state index in [4.69, 9.17) is 18.9 Å². The van der Waals surface area contributed by atoms with Gasteiger partial charge in [-0.25, -0.2) is 9.59 Å². The van der Waals surface area contributed by atoms with Gasteiger partial charge < -0.3 is 29.6 Å². The molecule has 12 nitrogen and oxygen atoms in total. The lowest BCUT2D eigenvalue weighted by Gasteiger charge is -2.24. The van der Waals surface area contributed by atoms with Gasteiger partial charge in [0.05, 0.1) is 11.8 Å². The lowest BCUT2D eigenvalue weighted by molar-refractivity contribution is -0.148. The third-order valence-corrected chi connectivity index (χ3v) is 8.48. The predicted molar refractivity (Wildman–Crippen MR) is 183 cm³/mol. The number of benzene rings is 2. The molecule has 2 aliphatic rings. The van der Waals surface area contributed by atoms with E-state index in [0.29, 0.717) is 36.8 Å². The van der Waals surface area contributed by atoms with E-state index in [9.17, 15) is 28.8 Å². The number of nitrogens with one attached hydrogen (secondary N) is 2. The summed E-state index contributed by atoms with van der Waals surface area (Å²) in [5.74, 6) is -2.88. The maximum atomic E-state index is 12.8. The van der Waals surface area contributed by atoms with Crippen molar-refractivity contribution in [3.8, 4) is 11.1 Å². The van der Waals surface area contributed by atoms with Crippen LogP contribution in [-0.2, 0) is 28.5 Å². The van der Waals surface area contributed by atoms with Gasteiger partial charge in [-0.15, -0.1) is 0 Å². The van der Waals surface area contributed by atoms with Crippen molar-refractivity contribution < 1.29 is 47.7 Å². The Hall–Kier alpha value is -4.74. The van der Waals surface area contributed by atoms with Crippen LogP contribution in [0.5, 0.6) is 0 Å². The first-order chi connectivity index (χ1) is 23.5. The van der Waals surface area contributed by atoms with E-state index in [1.165, 1.54) is 0 Å². The van der Waals surface area contributed by atoms with E-state index in [1.54, 1.807) is 90.1 Å². The predicted octanol–water partition coefficient (Wildman–Crippen LogP) is 6.19. The summed E-state index contributed by atoms with van der Waals surface area (Å²) in [6, 6.07) is 12.8. The molecule has 2 aromatic carbocycles. The van der Waals surface area contributed by atoms with E-state index < -0.39 is 72.5 Å². The molecule has 2 saturated carbocycles. The Morgan fingerprint density at radius 3 is 1.22 bits per heavy atom. The van der Waals surface area contributed by atoms with Crippen molar-refractivity contribution in [1.29, 1.82) is 0 Å². The first-order valence-corrected chi connectivity index (χ1v) is 17.1. The highest BCUT2D eigenvalue weighted by molar-refractivity contribution is 5.99. The molecule has 4 rings (SSSR count). The van der Waals surface area contributed by atoms with E-state index in [-0.39, 0.29) is 11.6 Å². The molecule has 0 spiro atoms. The molecule has 0 unspecified atom stereocenters. The monoisotopic (exact) mass is 692 g/mol. The first-order valence-electron chi connectivity index (χ1n) is 17.1. The van der Waals surface area contributed by atoms with E-state index in [0.717, 1.165) is 24.0 Å². The Morgan fingerprint density at radius 2 is 0.900 bits per heavy atom. The van der Waals surface area contributed by atoms with Gasteiger partial charge in [0.1, 0.15) is 11.2 Å². The van der Waals surface area contributed by atoms with Gasteiger partial charge in [0.15, 0.2) is 24.8 Å². The van der Waals surface area contributed by atoms with Gasteiger partial charge >= 0.3 is 24.1 Å². The number of ether oxygens (including phenoxy) is 4. The number of ketones is 2. The van der Waals surface area contributed by atoms with Crippen LogP contribution in [0.4, 0.5) is 9.59 Å². The minimum absolute atomic E-state index is 0.361. The minimum atomic E-state index is -0.660. The van der Waals surface area contributed by atoms with Gasteiger partial charge in [0, 0.05) is 23.2 Å². The highest BCUT2D eigenvalue weighted by Gasteiger charge is 2.37. The zero-order chi connectivity index (χ0) is 36.6. The number of hydrogen-bond donors (Lipinski definition) is 2. The molecule has 2 N–H and O–H groups in total. The molecule has 0 saturated heterocycles. The Morgan fingerprint density at radius 1 is 0.560 bits per heavy atom. The summed E-state index contributed by atoms with van der Waals surface area (Å²) in [4.78, 5) is 75.5. The minimum Gasteiger partial charge on any atom is -0.457 e. The molecular formula is C38H48N2O10. The number of carbonyl (C=O) groups is 6. The normalized spacial score (nSPS) is 20.4. The molecule has 0 heterocycles. The van der Waals surface area contributed by atoms with E-state index in [2.05, 4.69) is 10.6 Å². The molecule has 4 atom stereocenters. The average molecular weight is 693 g/mol. The molecule has 50 heavy (non-hydrogen) atoms. The van der Waals surface area contributed by atoms with Crippen LogP contribution in [0.15, 0.2) is 48.5 Å². The summed E-state index contributed by atoms with van der Waals surface area (Å²) in [5, 5.41) is 5.50. The van der Waals surface area contributed by atoms with Gasteiger partial charge in [0.25, 0.3) is 0 Å². The zero-order valence-corrected chi connectivity index (χ0v) is 29.7. The number of alkyl carbamates (subject to hydrolysis) is 2. The molecule has 2 fully saturated rings. The Bertz CT molecular complexity index is 1440. The fourth-order valence-electron chi connectivity index (χ4n) is 6.10. The van der Waals surface area contributed by atoms with Crippen molar-refractivity contribution in [3.05, 3.63) is 59.7 Å². The smallest absolute Gasteiger partial charge is 0.407 e. The fourth-order valence-corrected chi connectivity index (χ4v) is 6.10. The van der Waals surface area contributed by atoms with Crippen LogP contribution in [-0.4, -0.2) is 72.2 Å². The second-order valence-electron chi connectivity index (χ2n) is 14.8. The van der Waals surface area contributed by atoms with Crippen molar-refractivity contribution in [2.45, 2.75) is 103 Å². The fraction of sp³-hybridized carbons (Fsp3) is 0.526. The molecule has 0 radical (unpaired) electrons. The summed E-state index contributed by atoms with van der Waals surface area (Å²) in [6.45, 7) is 9.72. The third-order valence-electron chi connectivity index (χ3n) is 8.48. The second-order valence-corrected chi connectivity index (χ2v) is 14.8. The average Bonchev–Trinajstić information content (AvgIpc) is 3.70. The maximum Gasteiger partial charge on any atom is 0.407 e. The topological polar surface area (TPSA) is 163 Å². The van der Waals surface area contributed by atoms with E-state index in [1.807, 2.05) is 0 Å². The Labute approximate surface area is 292 Å². The van der Waals surface area contributed by atoms with Gasteiger partial charge in [-0.1, -0.05) is 61.4 Å². The quantitative estimate of drug-likeness (QED) is 0.158. The summed E-state index contributed by atoms with van der Waals surface area (Å²) in [5.41, 5.74) is 1.03. The van der Waals surface area contributed by atoms with Crippen molar-refractivity contribution in [2.24, 2.45) is 11.8 Å². The van der Waals surface area contributed by atoms with Crippen molar-refractivity contribution in [2.75, 3.05) is 13.2 Å². The van der Waals surface area contributed by atoms with Crippen LogP contribution in [0.2, 0.25) is 0 Å². The number of amides is 2. The van der Waals surface area contributed by atoms with E-state index >= 15 is 0 Å². The van der Waals surface area contributed by atoms with Crippen LogP contribution in [0, 0.1) is 11.8 Å². The van der Waals surface area contributed by atoms with Crippen LogP contribution in [0.25, 0.3) is 11.1 Å². The van der Waals surface area contributed by atoms with Crippen LogP contribution in [0.3, 0.4) is 0 Å². The summed E-state index contributed by atoms with van der Waals surface area (Å²) >= 11 is 0. The lowest BCUT2D eigenvalue weighted by Crippen LogP contribution is -2.43. The maximum absolute atomic E-state index is 12.8. The Balaban J connectivity index is 1.24. The molecular weight excluding hydrogens is 644 g/mol. The van der Waals surface area contributed by atoms with Crippen molar-refractivity contribution in [1.82, 2.24) is 10.6 Å². The number of hydrogen-bond acceptors (Lipinski definition) is 10. The molecule has 270 valence electrons. The van der Waals surface area contributed by atoms with Crippen molar-refractivity contribution >= 4 is 35.7 Å². The SMILES string of the molecule is CC(C)(C)OC(=O)N[C@H]1CCC[C@H]1C(=O)OCC(=O)c1ccc(-c2ccc(C(=O)COC(=O)[C@@H]3CCC[C@@H]3NC(=O)OC(C)(C)C)cc2)cc1. The standard InChI is InChI=1S/C38H48N2O10/c1-37(2,3)49-35(45)39-29-11-7-9-27(29)33(43)47-21-31(41)25-17-13-23(14-18-25)24-15-19-26(20-16-24)32(42)22-48-34(44)28-10-8-12-30(28)40-36(46)50-38(4,5)6/h13-20,27-30H,7-12,21-22H2,1-6H3,(H,39,45)(H,40,46)/t27-,28-,29+,30+/m1/s1. The highest BCUT2D eigenvalue weighted by atomic mass is 16.6. The summed E-state index contributed by atoms with van der Waals surface area (Å²) in [6.07, 6.45) is 2.64. The summed E-state index contributed by atoms with van der Waals surface area (Å²) in [7, 11) is 0. The molecule has 0 aromatic heterocycles. The number of rotatable bonds is 11. The highest BCUT2D eigenvalue weighted by Crippen LogP contribution is 2.29. The van der Waals surface area contributed by atoms with Crippen LogP contribution < -0.4 is 10.6 Å². The number of carbonyl (C=O) groups excluding carboxylic acids is 6. The lowest BCUT2D eigenvalue weighted by atomic mass is 10.0. The van der Waals surface area contributed by atoms with Gasteiger partial charge in [-0.05, 0) is 78.4 Å². The van der Waals surface area contributed by atoms with Crippen molar-refractivity contribution in [3.63, 3.8) is 0 Å². The molecule has 2 amide bonds. The summed E-state index contributed by atoms with van der Waals surface area (Å²) < 4.78 is 21.3. The van der Waals surface area contributed by atoms with Gasteiger partial charge in [0.2, 0.25) is 0 Å². The van der Waals surface area contributed by atoms with Crippen LogP contribution >= 0.6 is 0 Å². The van der Waals surface area contributed by atoms with Gasteiger partial charge in [-0.3, -0.25) is 19.2 Å². The largest absolute Gasteiger partial charge is 0.457 e. The molecule has 12 heteroatoms. The number of Topliss-reactive ketones (excluding diaryl/α,β-unsaturated/α-hetero) is 2. The first kappa shape index (κ1) is 38.1. The molecule has 2 aliphatic carbocycles. The third kappa shape index (κ3) is 11.1. The zero-order valence-electron chi connectivity index (χ0n) is 29.7. The second kappa shape index (κ2) is 16.3. The molecule has 2 aromatic rings. The Kier molecular flexibility index (Phi) is 12.4.